The molecule has 0 aliphatic rings. The molecule has 1 rings (SSSR count). The second kappa shape index (κ2) is 4.54. The zero-order valence-corrected chi connectivity index (χ0v) is 7.70. The lowest BCUT2D eigenvalue weighted by Gasteiger charge is -2.10. The van der Waals surface area contributed by atoms with Crippen LogP contribution in [0.1, 0.15) is 23.6 Å². The second-order valence-electron chi connectivity index (χ2n) is 2.95. The van der Waals surface area contributed by atoms with E-state index < -0.39 is 11.9 Å². The van der Waals surface area contributed by atoms with Crippen molar-refractivity contribution in [2.45, 2.75) is 12.5 Å². The van der Waals surface area contributed by atoms with Crippen molar-refractivity contribution in [1.29, 1.82) is 5.26 Å². The number of rotatable bonds is 3. The van der Waals surface area contributed by atoms with Gasteiger partial charge in [0.05, 0.1) is 5.56 Å². The van der Waals surface area contributed by atoms with Gasteiger partial charge in [-0.25, -0.2) is 4.39 Å². The van der Waals surface area contributed by atoms with Gasteiger partial charge in [0.1, 0.15) is 11.9 Å². The number of hydrogen-bond acceptors (Lipinski definition) is 2. The molecule has 1 aromatic rings. The summed E-state index contributed by atoms with van der Waals surface area (Å²) < 4.78 is 13.5. The molecule has 3 heteroatoms. The fourth-order valence-corrected chi connectivity index (χ4v) is 1.23. The van der Waals surface area contributed by atoms with Crippen LogP contribution < -0.4 is 5.73 Å². The van der Waals surface area contributed by atoms with Crippen LogP contribution in [0.2, 0.25) is 0 Å². The van der Waals surface area contributed by atoms with Crippen LogP contribution in [0.5, 0.6) is 0 Å². The van der Waals surface area contributed by atoms with Crippen LogP contribution in [-0.4, -0.2) is 0 Å². The van der Waals surface area contributed by atoms with Crippen LogP contribution in [0.3, 0.4) is 0 Å². The lowest BCUT2D eigenvalue weighted by Crippen LogP contribution is -2.11. The third-order valence-electron chi connectivity index (χ3n) is 1.97. The van der Waals surface area contributed by atoms with E-state index in [9.17, 15) is 4.39 Å². The van der Waals surface area contributed by atoms with E-state index in [2.05, 4.69) is 6.58 Å². The highest BCUT2D eigenvalue weighted by molar-refractivity contribution is 5.36. The van der Waals surface area contributed by atoms with E-state index in [1.807, 2.05) is 0 Å². The molecule has 0 fully saturated rings. The summed E-state index contributed by atoms with van der Waals surface area (Å²) in [6, 6.07) is 5.99. The highest BCUT2D eigenvalue weighted by Crippen LogP contribution is 2.20. The van der Waals surface area contributed by atoms with Crippen molar-refractivity contribution >= 4 is 0 Å². The molecule has 0 bridgehead atoms. The lowest BCUT2D eigenvalue weighted by molar-refractivity contribution is 0.580. The Labute approximate surface area is 82.5 Å². The summed E-state index contributed by atoms with van der Waals surface area (Å²) in [4.78, 5) is 0. The van der Waals surface area contributed by atoms with Crippen molar-refractivity contribution in [3.05, 3.63) is 47.8 Å². The van der Waals surface area contributed by atoms with Gasteiger partial charge in [0, 0.05) is 11.6 Å². The Morgan fingerprint density at radius 1 is 1.64 bits per heavy atom. The fraction of sp³-hybridized carbons (Fsp3) is 0.182. The van der Waals surface area contributed by atoms with Crippen LogP contribution in [0.25, 0.3) is 0 Å². The minimum atomic E-state index is -0.524. The number of nitriles is 1. The summed E-state index contributed by atoms with van der Waals surface area (Å²) in [7, 11) is 0. The minimum Gasteiger partial charge on any atom is -0.324 e. The highest BCUT2D eigenvalue weighted by Gasteiger charge is 2.12. The van der Waals surface area contributed by atoms with Crippen molar-refractivity contribution in [2.24, 2.45) is 5.73 Å². The molecule has 14 heavy (non-hydrogen) atoms. The molecule has 0 amide bonds. The van der Waals surface area contributed by atoms with E-state index in [1.165, 1.54) is 6.07 Å². The third-order valence-corrected chi connectivity index (χ3v) is 1.97. The van der Waals surface area contributed by atoms with Gasteiger partial charge in [0.25, 0.3) is 0 Å². The van der Waals surface area contributed by atoms with Gasteiger partial charge in [-0.05, 0) is 12.5 Å². The van der Waals surface area contributed by atoms with Gasteiger partial charge < -0.3 is 5.73 Å². The first-order chi connectivity index (χ1) is 6.70. The molecule has 0 saturated heterocycles. The van der Waals surface area contributed by atoms with Crippen LogP contribution in [0.15, 0.2) is 30.9 Å². The van der Waals surface area contributed by atoms with E-state index in [0.717, 1.165) is 0 Å². The predicted molar refractivity (Wildman–Crippen MR) is 52.9 cm³/mol. The molecule has 0 radical (unpaired) electrons. The summed E-state index contributed by atoms with van der Waals surface area (Å²) in [5.74, 6) is -0.524. The Balaban J connectivity index is 3.10. The molecule has 0 spiro atoms. The van der Waals surface area contributed by atoms with Crippen LogP contribution in [0, 0.1) is 17.1 Å². The SMILES string of the molecule is C=CC[C@@H](N)c1cccc(C#N)c1F. The van der Waals surface area contributed by atoms with Crippen LogP contribution in [0.4, 0.5) is 4.39 Å². The first-order valence-electron chi connectivity index (χ1n) is 4.25. The number of nitrogens with two attached hydrogens (primary N) is 1. The standard InChI is InChI=1S/C11H11FN2/c1-2-4-10(14)9-6-3-5-8(7-13)11(9)12/h2-3,5-6,10H,1,4,14H2/t10-/m1/s1. The molecular formula is C11H11FN2. The monoisotopic (exact) mass is 190 g/mol. The molecule has 0 aliphatic carbocycles. The maximum atomic E-state index is 13.5. The topological polar surface area (TPSA) is 49.8 Å². The lowest BCUT2D eigenvalue weighted by atomic mass is 10.0. The molecule has 72 valence electrons. The highest BCUT2D eigenvalue weighted by atomic mass is 19.1. The summed E-state index contributed by atoms with van der Waals surface area (Å²) >= 11 is 0. The first kappa shape index (κ1) is 10.4. The number of nitrogens with zero attached hydrogens (tertiary/aromatic N) is 1. The van der Waals surface area contributed by atoms with Gasteiger partial charge in [0.15, 0.2) is 0 Å². The Morgan fingerprint density at radius 2 is 2.36 bits per heavy atom. The van der Waals surface area contributed by atoms with E-state index >= 15 is 0 Å². The minimum absolute atomic E-state index is 0.0296. The maximum absolute atomic E-state index is 13.5. The average molecular weight is 190 g/mol. The molecule has 0 aromatic heterocycles. The van der Waals surface area contributed by atoms with E-state index in [0.29, 0.717) is 12.0 Å². The van der Waals surface area contributed by atoms with Crippen LogP contribution in [-0.2, 0) is 0 Å². The van der Waals surface area contributed by atoms with E-state index in [-0.39, 0.29) is 5.56 Å². The van der Waals surface area contributed by atoms with Gasteiger partial charge in [-0.1, -0.05) is 18.2 Å². The van der Waals surface area contributed by atoms with Crippen molar-refractivity contribution in [3.8, 4) is 6.07 Å². The molecule has 0 saturated carbocycles. The molecule has 0 heterocycles. The number of benzene rings is 1. The summed E-state index contributed by atoms with van der Waals surface area (Å²) in [5, 5.41) is 8.60. The zero-order chi connectivity index (χ0) is 10.6. The largest absolute Gasteiger partial charge is 0.324 e. The summed E-state index contributed by atoms with van der Waals surface area (Å²) in [6.45, 7) is 3.53. The molecule has 1 aromatic carbocycles. The maximum Gasteiger partial charge on any atom is 0.145 e. The molecule has 0 unspecified atom stereocenters. The molecule has 0 aliphatic heterocycles. The molecule has 2 nitrogen and oxygen atoms in total. The van der Waals surface area contributed by atoms with Gasteiger partial charge in [-0.2, -0.15) is 5.26 Å². The fourth-order valence-electron chi connectivity index (χ4n) is 1.23. The summed E-state index contributed by atoms with van der Waals surface area (Å²) in [5.41, 5.74) is 6.10. The molecular weight excluding hydrogens is 179 g/mol. The summed E-state index contributed by atoms with van der Waals surface area (Å²) in [6.07, 6.45) is 2.12. The van der Waals surface area contributed by atoms with Crippen molar-refractivity contribution in [2.75, 3.05) is 0 Å². The van der Waals surface area contributed by atoms with Gasteiger partial charge in [-0.3, -0.25) is 0 Å². The Morgan fingerprint density at radius 3 is 2.93 bits per heavy atom. The normalized spacial score (nSPS) is 11.8. The number of hydrogen-bond donors (Lipinski definition) is 1. The Kier molecular flexibility index (Phi) is 3.38. The Hall–Kier alpha value is -1.66. The molecule has 2 N–H and O–H groups in total. The quantitative estimate of drug-likeness (QED) is 0.743. The van der Waals surface area contributed by atoms with E-state index in [4.69, 9.17) is 11.0 Å². The first-order valence-corrected chi connectivity index (χ1v) is 4.25. The third kappa shape index (κ3) is 1.98. The number of halogens is 1. The van der Waals surface area contributed by atoms with Gasteiger partial charge in [-0.15, -0.1) is 6.58 Å². The smallest absolute Gasteiger partial charge is 0.145 e. The second-order valence-corrected chi connectivity index (χ2v) is 2.95. The van der Waals surface area contributed by atoms with Gasteiger partial charge >= 0.3 is 0 Å². The van der Waals surface area contributed by atoms with E-state index in [1.54, 1.807) is 24.3 Å². The zero-order valence-electron chi connectivity index (χ0n) is 7.70. The van der Waals surface area contributed by atoms with Crippen molar-refractivity contribution < 1.29 is 4.39 Å². The molecule has 1 atom stereocenters. The average Bonchev–Trinajstić information content (AvgIpc) is 2.18. The predicted octanol–water partition coefficient (Wildman–Crippen LogP) is 2.27. The van der Waals surface area contributed by atoms with Crippen molar-refractivity contribution in [1.82, 2.24) is 0 Å². The van der Waals surface area contributed by atoms with Crippen LogP contribution >= 0.6 is 0 Å². The van der Waals surface area contributed by atoms with Gasteiger partial charge in [0.2, 0.25) is 0 Å². The Bertz CT molecular complexity index is 379. The van der Waals surface area contributed by atoms with Crippen molar-refractivity contribution in [3.63, 3.8) is 0 Å².